The predicted molar refractivity (Wildman–Crippen MR) is 113 cm³/mol. The van der Waals surface area contributed by atoms with E-state index < -0.39 is 5.92 Å². The second-order valence-electron chi connectivity index (χ2n) is 6.78. The summed E-state index contributed by atoms with van der Waals surface area (Å²) in [6.07, 6.45) is 5.63. The van der Waals surface area contributed by atoms with E-state index in [-0.39, 0.29) is 11.7 Å². The Balaban J connectivity index is 2.35. The van der Waals surface area contributed by atoms with Crippen molar-refractivity contribution in [2.75, 3.05) is 13.1 Å². The molecule has 1 aromatic heterocycles. The van der Waals surface area contributed by atoms with Crippen LogP contribution in [0.1, 0.15) is 32.3 Å². The molecule has 0 N–H and O–H groups in total. The van der Waals surface area contributed by atoms with Crippen LogP contribution in [0.2, 0.25) is 0 Å². The van der Waals surface area contributed by atoms with Gasteiger partial charge in [0.1, 0.15) is 5.82 Å². The van der Waals surface area contributed by atoms with Gasteiger partial charge in [0, 0.05) is 29.6 Å². The minimum absolute atomic E-state index is 0.0335. The minimum atomic E-state index is -0.418. The molecule has 3 nitrogen and oxygen atoms in total. The molecule has 0 spiro atoms. The average Bonchev–Trinajstić information content (AvgIpc) is 3.03. The van der Waals surface area contributed by atoms with Gasteiger partial charge in [-0.3, -0.25) is 4.79 Å². The summed E-state index contributed by atoms with van der Waals surface area (Å²) < 4.78 is 16.7. The summed E-state index contributed by atoms with van der Waals surface area (Å²) in [5.41, 5.74) is 2.88. The zero-order valence-corrected chi connectivity index (χ0v) is 16.6. The number of nitrogens with zero attached hydrogens (tertiary/aromatic N) is 2. The quantitative estimate of drug-likeness (QED) is 0.553. The Labute approximate surface area is 165 Å². The van der Waals surface area contributed by atoms with Crippen molar-refractivity contribution in [2.24, 2.45) is 0 Å². The van der Waals surface area contributed by atoms with Crippen molar-refractivity contribution < 1.29 is 9.18 Å². The summed E-state index contributed by atoms with van der Waals surface area (Å²) in [5.74, 6) is 1.97. The number of terminal acetylenes is 1. The molecule has 28 heavy (non-hydrogen) atoms. The van der Waals surface area contributed by atoms with Crippen molar-refractivity contribution in [1.82, 2.24) is 9.47 Å². The van der Waals surface area contributed by atoms with Crippen LogP contribution in [0.25, 0.3) is 22.2 Å². The number of aromatic nitrogens is 1. The molecule has 0 saturated heterocycles. The van der Waals surface area contributed by atoms with Gasteiger partial charge in [0.2, 0.25) is 5.91 Å². The van der Waals surface area contributed by atoms with Crippen LogP contribution in [0.4, 0.5) is 4.39 Å². The Morgan fingerprint density at radius 1 is 1.14 bits per heavy atom. The van der Waals surface area contributed by atoms with Crippen LogP contribution in [-0.4, -0.2) is 28.5 Å². The SMILES string of the molecule is C#CCn1c(-c2ccccc2F)c(C(C)C(=O)N(CC)CC)c2ccccc21. The smallest absolute Gasteiger partial charge is 0.229 e. The van der Waals surface area contributed by atoms with Crippen molar-refractivity contribution in [3.05, 3.63) is 59.9 Å². The first-order valence-corrected chi connectivity index (χ1v) is 9.63. The largest absolute Gasteiger partial charge is 0.343 e. The highest BCUT2D eigenvalue weighted by Gasteiger charge is 2.29. The Morgan fingerprint density at radius 2 is 1.79 bits per heavy atom. The first-order chi connectivity index (χ1) is 13.5. The van der Waals surface area contributed by atoms with Crippen molar-refractivity contribution in [2.45, 2.75) is 33.2 Å². The summed E-state index contributed by atoms with van der Waals surface area (Å²) >= 11 is 0. The molecule has 1 amide bonds. The Morgan fingerprint density at radius 3 is 2.43 bits per heavy atom. The molecule has 144 valence electrons. The van der Waals surface area contributed by atoms with Gasteiger partial charge in [-0.1, -0.05) is 36.3 Å². The Kier molecular flexibility index (Phi) is 5.84. The summed E-state index contributed by atoms with van der Waals surface area (Å²) in [5, 5.41) is 0.934. The Hall–Kier alpha value is -3.06. The van der Waals surface area contributed by atoms with Gasteiger partial charge in [-0.25, -0.2) is 4.39 Å². The van der Waals surface area contributed by atoms with E-state index in [0.29, 0.717) is 30.9 Å². The topological polar surface area (TPSA) is 25.2 Å². The number of likely N-dealkylation sites (N-methyl/N-ethyl adjacent to an activating group) is 1. The first-order valence-electron chi connectivity index (χ1n) is 9.63. The zero-order chi connectivity index (χ0) is 20.3. The van der Waals surface area contributed by atoms with Gasteiger partial charge in [-0.15, -0.1) is 6.42 Å². The summed E-state index contributed by atoms with van der Waals surface area (Å²) in [6.45, 7) is 7.40. The number of hydrogen-bond acceptors (Lipinski definition) is 1. The molecule has 1 unspecified atom stereocenters. The van der Waals surface area contributed by atoms with Crippen molar-refractivity contribution >= 4 is 16.8 Å². The number of carbonyl (C=O) groups is 1. The van der Waals surface area contributed by atoms with E-state index in [9.17, 15) is 9.18 Å². The lowest BCUT2D eigenvalue weighted by atomic mass is 9.93. The number of amides is 1. The van der Waals surface area contributed by atoms with Crippen LogP contribution in [0, 0.1) is 18.2 Å². The summed E-state index contributed by atoms with van der Waals surface area (Å²) in [6, 6.07) is 14.5. The van der Waals surface area contributed by atoms with E-state index in [4.69, 9.17) is 6.42 Å². The van der Waals surface area contributed by atoms with E-state index in [0.717, 1.165) is 16.5 Å². The molecule has 2 aromatic carbocycles. The normalized spacial score (nSPS) is 12.0. The summed E-state index contributed by atoms with van der Waals surface area (Å²) in [4.78, 5) is 15.0. The molecule has 0 fully saturated rings. The van der Waals surface area contributed by atoms with Crippen molar-refractivity contribution in [3.8, 4) is 23.6 Å². The number of fused-ring (bicyclic) bond motifs is 1. The van der Waals surface area contributed by atoms with E-state index in [2.05, 4.69) is 5.92 Å². The molecular weight excluding hydrogens is 351 g/mol. The number of rotatable bonds is 6. The molecule has 3 aromatic rings. The third-order valence-electron chi connectivity index (χ3n) is 5.27. The average molecular weight is 376 g/mol. The van der Waals surface area contributed by atoms with E-state index in [1.54, 1.807) is 18.2 Å². The van der Waals surface area contributed by atoms with Crippen molar-refractivity contribution in [1.29, 1.82) is 0 Å². The fourth-order valence-electron chi connectivity index (χ4n) is 3.90. The van der Waals surface area contributed by atoms with Crippen LogP contribution in [0.5, 0.6) is 0 Å². The van der Waals surface area contributed by atoms with E-state index in [1.165, 1.54) is 6.07 Å². The lowest BCUT2D eigenvalue weighted by Gasteiger charge is -2.24. The maximum absolute atomic E-state index is 14.8. The molecule has 0 aliphatic heterocycles. The Bertz CT molecular complexity index is 1040. The number of benzene rings is 2. The van der Waals surface area contributed by atoms with Gasteiger partial charge in [0.15, 0.2) is 0 Å². The van der Waals surface area contributed by atoms with Gasteiger partial charge < -0.3 is 9.47 Å². The first kappa shape index (κ1) is 19.7. The molecule has 3 rings (SSSR count). The van der Waals surface area contributed by atoms with Gasteiger partial charge in [0.05, 0.1) is 18.2 Å². The summed E-state index contributed by atoms with van der Waals surface area (Å²) in [7, 11) is 0. The number of carbonyl (C=O) groups excluding carboxylic acids is 1. The van der Waals surface area contributed by atoms with Gasteiger partial charge >= 0.3 is 0 Å². The fourth-order valence-corrected chi connectivity index (χ4v) is 3.90. The molecule has 4 heteroatoms. The van der Waals surface area contributed by atoms with Crippen LogP contribution < -0.4 is 0 Å². The molecular formula is C24H25FN2O. The van der Waals surface area contributed by atoms with Crippen molar-refractivity contribution in [3.63, 3.8) is 0 Å². The monoisotopic (exact) mass is 376 g/mol. The molecule has 0 saturated carbocycles. The van der Waals surface area contributed by atoms with Gasteiger partial charge in [0.25, 0.3) is 0 Å². The standard InChI is InChI=1S/C24H25FN2O/c1-5-16-27-21-15-11-9-13-19(21)22(17(4)24(28)26(6-2)7-3)23(27)18-12-8-10-14-20(18)25/h1,8-15,17H,6-7,16H2,2-4H3. The second kappa shape index (κ2) is 8.31. The molecule has 1 atom stereocenters. The molecule has 0 aliphatic rings. The van der Waals surface area contributed by atoms with Crippen LogP contribution in [0.15, 0.2) is 48.5 Å². The highest BCUT2D eigenvalue weighted by molar-refractivity contribution is 5.98. The van der Waals surface area contributed by atoms with E-state index in [1.807, 2.05) is 54.5 Å². The highest BCUT2D eigenvalue weighted by Crippen LogP contribution is 2.40. The van der Waals surface area contributed by atoms with Gasteiger partial charge in [-0.05, 0) is 44.5 Å². The highest BCUT2D eigenvalue weighted by atomic mass is 19.1. The fraction of sp³-hybridized carbons (Fsp3) is 0.292. The van der Waals surface area contributed by atoms with Gasteiger partial charge in [-0.2, -0.15) is 0 Å². The molecule has 0 radical (unpaired) electrons. The molecule has 0 aliphatic carbocycles. The number of hydrogen-bond donors (Lipinski definition) is 0. The maximum Gasteiger partial charge on any atom is 0.229 e. The number of para-hydroxylation sites is 1. The molecule has 0 bridgehead atoms. The van der Waals surface area contributed by atoms with Crippen LogP contribution in [0.3, 0.4) is 0 Å². The van der Waals surface area contributed by atoms with E-state index >= 15 is 0 Å². The second-order valence-corrected chi connectivity index (χ2v) is 6.78. The number of halogens is 1. The molecule has 1 heterocycles. The van der Waals surface area contributed by atoms with Crippen LogP contribution >= 0.6 is 0 Å². The third kappa shape index (κ3) is 3.29. The zero-order valence-electron chi connectivity index (χ0n) is 16.6. The third-order valence-corrected chi connectivity index (χ3v) is 5.27. The van der Waals surface area contributed by atoms with Crippen LogP contribution in [-0.2, 0) is 11.3 Å². The lowest BCUT2D eigenvalue weighted by Crippen LogP contribution is -2.34. The predicted octanol–water partition coefficient (Wildman–Crippen LogP) is 5.05. The maximum atomic E-state index is 14.8. The minimum Gasteiger partial charge on any atom is -0.343 e. The lowest BCUT2D eigenvalue weighted by molar-refractivity contribution is -0.132.